The fourth-order valence-electron chi connectivity index (χ4n) is 2.20. The van der Waals surface area contributed by atoms with Crippen molar-refractivity contribution in [2.45, 2.75) is 39.2 Å². The Morgan fingerprint density at radius 1 is 0.957 bits per heavy atom. The summed E-state index contributed by atoms with van der Waals surface area (Å²) in [5, 5.41) is 0.743. The smallest absolute Gasteiger partial charge is 0.119 e. The summed E-state index contributed by atoms with van der Waals surface area (Å²) < 4.78 is 5.77. The maximum absolute atomic E-state index is 5.87. The van der Waals surface area contributed by atoms with Crippen molar-refractivity contribution in [3.63, 3.8) is 0 Å². The van der Waals surface area contributed by atoms with Crippen molar-refractivity contribution < 1.29 is 4.74 Å². The molecule has 0 aliphatic rings. The fourth-order valence-corrected chi connectivity index (χ4v) is 2.32. The van der Waals surface area contributed by atoms with Crippen LogP contribution in [0.25, 0.3) is 0 Å². The van der Waals surface area contributed by atoms with Gasteiger partial charge in [0.25, 0.3) is 0 Å². The third-order valence-electron chi connectivity index (χ3n) is 3.58. The van der Waals surface area contributed by atoms with Gasteiger partial charge in [0.15, 0.2) is 0 Å². The van der Waals surface area contributed by atoms with Crippen LogP contribution in [-0.4, -0.2) is 12.8 Å². The van der Waals surface area contributed by atoms with Gasteiger partial charge in [0.05, 0.1) is 0 Å². The first kappa shape index (κ1) is 17.6. The highest BCUT2D eigenvalue weighted by Crippen LogP contribution is 2.15. The van der Waals surface area contributed by atoms with Crippen LogP contribution in [0.2, 0.25) is 5.02 Å². The third kappa shape index (κ3) is 6.87. The zero-order valence-electron chi connectivity index (χ0n) is 13.7. The summed E-state index contributed by atoms with van der Waals surface area (Å²) in [6, 6.07) is 15.7. The Hall–Kier alpha value is -1.80. The van der Waals surface area contributed by atoms with Crippen LogP contribution in [0.15, 0.2) is 53.5 Å². The average molecular weight is 330 g/mol. The normalized spacial score (nSPS) is 11.0. The number of hydrogen-bond donors (Lipinski definition) is 0. The van der Waals surface area contributed by atoms with Gasteiger partial charge in [-0.3, -0.25) is 4.99 Å². The topological polar surface area (TPSA) is 21.6 Å². The molecule has 0 N–H and O–H groups in total. The van der Waals surface area contributed by atoms with Crippen LogP contribution in [0.5, 0.6) is 5.75 Å². The second kappa shape index (κ2) is 10.1. The van der Waals surface area contributed by atoms with E-state index in [1.54, 1.807) is 0 Å². The molecule has 3 heteroatoms. The maximum atomic E-state index is 5.87. The van der Waals surface area contributed by atoms with Gasteiger partial charge in [-0.15, -0.1) is 0 Å². The van der Waals surface area contributed by atoms with Crippen LogP contribution in [0, 0.1) is 0 Å². The van der Waals surface area contributed by atoms with Gasteiger partial charge in [0.2, 0.25) is 0 Å². The number of ether oxygens (including phenoxy) is 1. The Morgan fingerprint density at radius 3 is 2.39 bits per heavy atom. The van der Waals surface area contributed by atoms with Crippen LogP contribution in [0.1, 0.15) is 43.7 Å². The summed E-state index contributed by atoms with van der Waals surface area (Å²) in [6.07, 6.45) is 6.95. The molecule has 0 aliphatic heterocycles. The molecule has 0 radical (unpaired) electrons. The molecule has 2 aromatic rings. The molecule has 0 aliphatic carbocycles. The number of unbranched alkanes of at least 4 members (excludes halogenated alkanes) is 3. The minimum absolute atomic E-state index is 0.544. The highest BCUT2D eigenvalue weighted by atomic mass is 35.5. The molecule has 0 heterocycles. The van der Waals surface area contributed by atoms with Crippen molar-refractivity contribution in [1.82, 2.24) is 0 Å². The van der Waals surface area contributed by atoms with Crippen molar-refractivity contribution in [3.05, 3.63) is 64.7 Å². The minimum atomic E-state index is 0.544. The number of halogens is 1. The van der Waals surface area contributed by atoms with Crippen molar-refractivity contribution in [3.8, 4) is 5.75 Å². The SMILES string of the molecule is CCCCCCN=Cc1ccc(OCc2ccc(Cl)cc2)cc1. The van der Waals surface area contributed by atoms with E-state index in [2.05, 4.69) is 11.9 Å². The summed E-state index contributed by atoms with van der Waals surface area (Å²) in [6.45, 7) is 3.68. The summed E-state index contributed by atoms with van der Waals surface area (Å²) in [7, 11) is 0. The molecule has 0 bridgehead atoms. The van der Waals surface area contributed by atoms with E-state index in [4.69, 9.17) is 16.3 Å². The first-order chi connectivity index (χ1) is 11.3. The summed E-state index contributed by atoms with van der Waals surface area (Å²) in [5.74, 6) is 0.861. The van der Waals surface area contributed by atoms with Crippen molar-refractivity contribution in [2.24, 2.45) is 4.99 Å². The predicted molar refractivity (Wildman–Crippen MR) is 98.8 cm³/mol. The Balaban J connectivity index is 1.75. The first-order valence-electron chi connectivity index (χ1n) is 8.25. The van der Waals surface area contributed by atoms with E-state index in [9.17, 15) is 0 Å². The average Bonchev–Trinajstić information content (AvgIpc) is 2.58. The molecular weight excluding hydrogens is 306 g/mol. The molecule has 0 amide bonds. The molecule has 0 saturated carbocycles. The van der Waals surface area contributed by atoms with Crippen molar-refractivity contribution in [1.29, 1.82) is 0 Å². The van der Waals surface area contributed by atoms with Crippen LogP contribution in [-0.2, 0) is 6.61 Å². The zero-order valence-corrected chi connectivity index (χ0v) is 14.4. The Kier molecular flexibility index (Phi) is 7.68. The van der Waals surface area contributed by atoms with E-state index in [0.717, 1.165) is 28.4 Å². The number of benzene rings is 2. The largest absolute Gasteiger partial charge is 0.489 e. The van der Waals surface area contributed by atoms with E-state index in [1.165, 1.54) is 25.7 Å². The molecular formula is C20H24ClNO. The van der Waals surface area contributed by atoms with Gasteiger partial charge in [0.1, 0.15) is 12.4 Å². The lowest BCUT2D eigenvalue weighted by molar-refractivity contribution is 0.306. The number of aliphatic imine (C=N–C) groups is 1. The Labute approximate surface area is 144 Å². The Bertz CT molecular complexity index is 590. The van der Waals surface area contributed by atoms with Crippen LogP contribution < -0.4 is 4.74 Å². The first-order valence-corrected chi connectivity index (χ1v) is 8.63. The molecule has 2 nitrogen and oxygen atoms in total. The van der Waals surface area contributed by atoms with Gasteiger partial charge < -0.3 is 4.74 Å². The maximum Gasteiger partial charge on any atom is 0.119 e. The molecule has 0 atom stereocenters. The van der Waals surface area contributed by atoms with E-state index < -0.39 is 0 Å². The van der Waals surface area contributed by atoms with E-state index in [1.807, 2.05) is 54.7 Å². The van der Waals surface area contributed by atoms with Crippen LogP contribution >= 0.6 is 11.6 Å². The number of nitrogens with zero attached hydrogens (tertiary/aromatic N) is 1. The van der Waals surface area contributed by atoms with Gasteiger partial charge in [0, 0.05) is 17.8 Å². The van der Waals surface area contributed by atoms with Crippen molar-refractivity contribution in [2.75, 3.05) is 6.54 Å². The molecule has 2 aromatic carbocycles. The molecule has 122 valence electrons. The van der Waals surface area contributed by atoms with Gasteiger partial charge in [-0.2, -0.15) is 0 Å². The molecule has 0 saturated heterocycles. The van der Waals surface area contributed by atoms with Gasteiger partial charge in [-0.1, -0.05) is 49.9 Å². The molecule has 0 fully saturated rings. The molecule has 0 aromatic heterocycles. The quantitative estimate of drug-likeness (QED) is 0.413. The molecule has 2 rings (SSSR count). The van der Waals surface area contributed by atoms with Gasteiger partial charge in [-0.05, 0) is 53.9 Å². The highest BCUT2D eigenvalue weighted by molar-refractivity contribution is 6.30. The Morgan fingerprint density at radius 2 is 1.70 bits per heavy atom. The lowest BCUT2D eigenvalue weighted by Crippen LogP contribution is -1.95. The lowest BCUT2D eigenvalue weighted by atomic mass is 10.2. The molecule has 23 heavy (non-hydrogen) atoms. The van der Waals surface area contributed by atoms with Gasteiger partial charge in [-0.25, -0.2) is 0 Å². The fraction of sp³-hybridized carbons (Fsp3) is 0.350. The van der Waals surface area contributed by atoms with E-state index >= 15 is 0 Å². The number of rotatable bonds is 9. The molecule has 0 spiro atoms. The van der Waals surface area contributed by atoms with E-state index in [-0.39, 0.29) is 0 Å². The molecule has 0 unspecified atom stereocenters. The van der Waals surface area contributed by atoms with E-state index in [0.29, 0.717) is 6.61 Å². The monoisotopic (exact) mass is 329 g/mol. The summed E-state index contributed by atoms with van der Waals surface area (Å²) in [4.78, 5) is 4.47. The van der Waals surface area contributed by atoms with Crippen LogP contribution in [0.4, 0.5) is 0 Å². The second-order valence-electron chi connectivity index (χ2n) is 5.58. The van der Waals surface area contributed by atoms with Crippen LogP contribution in [0.3, 0.4) is 0 Å². The second-order valence-corrected chi connectivity index (χ2v) is 6.02. The van der Waals surface area contributed by atoms with Crippen molar-refractivity contribution >= 4 is 17.8 Å². The van der Waals surface area contributed by atoms with Gasteiger partial charge >= 0.3 is 0 Å². The predicted octanol–water partition coefficient (Wildman–Crippen LogP) is 5.92. The summed E-state index contributed by atoms with van der Waals surface area (Å²) >= 11 is 5.87. The lowest BCUT2D eigenvalue weighted by Gasteiger charge is -2.06. The zero-order chi connectivity index (χ0) is 16.3. The standard InChI is InChI=1S/C20H24ClNO/c1-2-3-4-5-14-22-15-17-8-12-20(13-9-17)23-16-18-6-10-19(21)11-7-18/h6-13,15H,2-5,14,16H2,1H3. The minimum Gasteiger partial charge on any atom is -0.489 e. The highest BCUT2D eigenvalue weighted by Gasteiger charge is 1.97. The summed E-state index contributed by atoms with van der Waals surface area (Å²) in [5.41, 5.74) is 2.21. The number of hydrogen-bond acceptors (Lipinski definition) is 2. The third-order valence-corrected chi connectivity index (χ3v) is 3.83.